The van der Waals surface area contributed by atoms with Crippen LogP contribution in [0.5, 0.6) is 5.75 Å². The van der Waals surface area contributed by atoms with Crippen molar-refractivity contribution in [2.45, 2.75) is 24.2 Å². The summed E-state index contributed by atoms with van der Waals surface area (Å²) in [6, 6.07) is 6.52. The number of nitrogens with zero attached hydrogens (tertiary/aromatic N) is 1. The Labute approximate surface area is 175 Å². The van der Waals surface area contributed by atoms with Gasteiger partial charge in [-0.1, -0.05) is 18.2 Å². The molecule has 3 rings (SSSR count). The summed E-state index contributed by atoms with van der Waals surface area (Å²) in [6.07, 6.45) is -0.171. The van der Waals surface area contributed by atoms with Crippen LogP contribution in [0.2, 0.25) is 0 Å². The summed E-state index contributed by atoms with van der Waals surface area (Å²) in [5.41, 5.74) is 1.19. The lowest BCUT2D eigenvalue weighted by molar-refractivity contribution is -0.141. The molecule has 0 aromatic heterocycles. The zero-order chi connectivity index (χ0) is 21.7. The molecular weight excluding hydrogens is 392 g/mol. The first-order chi connectivity index (χ1) is 14.5. The first-order valence-electron chi connectivity index (χ1n) is 9.85. The van der Waals surface area contributed by atoms with Crippen molar-refractivity contribution in [3.63, 3.8) is 0 Å². The molecule has 1 aliphatic carbocycles. The minimum Gasteiger partial charge on any atom is -0.486 e. The minimum atomic E-state index is -1.06. The molecule has 4 atom stereocenters. The molecule has 2 amide bonds. The monoisotopic (exact) mass is 420 g/mol. The summed E-state index contributed by atoms with van der Waals surface area (Å²) < 4.78 is 16.1. The number of nitrogens with one attached hydrogen (secondary N) is 1. The number of aliphatic hydroxyl groups excluding tert-OH is 2. The Morgan fingerprint density at radius 2 is 2.00 bits per heavy atom. The van der Waals surface area contributed by atoms with Crippen molar-refractivity contribution >= 4 is 11.8 Å². The highest BCUT2D eigenvalue weighted by Gasteiger charge is 2.50. The number of aliphatic hydroxyl groups is 2. The van der Waals surface area contributed by atoms with Crippen LogP contribution in [0.4, 0.5) is 0 Å². The highest BCUT2D eigenvalue weighted by Crippen LogP contribution is 2.47. The summed E-state index contributed by atoms with van der Waals surface area (Å²) in [4.78, 5) is 27.0. The van der Waals surface area contributed by atoms with Crippen molar-refractivity contribution in [1.29, 1.82) is 0 Å². The highest BCUT2D eigenvalue weighted by atomic mass is 16.5. The predicted molar refractivity (Wildman–Crippen MR) is 107 cm³/mol. The van der Waals surface area contributed by atoms with E-state index in [2.05, 4.69) is 5.32 Å². The normalized spacial score (nSPS) is 24.3. The lowest BCUT2D eigenvalue weighted by Gasteiger charge is -2.40. The van der Waals surface area contributed by atoms with E-state index in [0.717, 1.165) is 5.56 Å². The Morgan fingerprint density at radius 1 is 1.23 bits per heavy atom. The fourth-order valence-electron chi connectivity index (χ4n) is 4.03. The minimum absolute atomic E-state index is 0.0965. The molecule has 2 aliphatic rings. The Kier molecular flexibility index (Phi) is 7.43. The fourth-order valence-corrected chi connectivity index (χ4v) is 4.03. The van der Waals surface area contributed by atoms with Crippen LogP contribution >= 0.6 is 0 Å². The molecule has 164 valence electrons. The molecule has 0 bridgehead atoms. The van der Waals surface area contributed by atoms with E-state index < -0.39 is 24.2 Å². The lowest BCUT2D eigenvalue weighted by Crippen LogP contribution is -2.57. The summed E-state index contributed by atoms with van der Waals surface area (Å²) >= 11 is 0. The second kappa shape index (κ2) is 10.0. The maximum Gasteiger partial charge on any atom is 0.249 e. The Morgan fingerprint density at radius 3 is 2.70 bits per heavy atom. The van der Waals surface area contributed by atoms with Crippen LogP contribution in [0.25, 0.3) is 0 Å². The van der Waals surface area contributed by atoms with Crippen LogP contribution in [0.1, 0.15) is 11.5 Å². The van der Waals surface area contributed by atoms with E-state index in [4.69, 9.17) is 19.3 Å². The molecule has 4 unspecified atom stereocenters. The van der Waals surface area contributed by atoms with Crippen molar-refractivity contribution in [2.24, 2.45) is 0 Å². The number of fused-ring (bicyclic) bond motifs is 3. The van der Waals surface area contributed by atoms with Crippen LogP contribution in [-0.4, -0.2) is 92.3 Å². The summed E-state index contributed by atoms with van der Waals surface area (Å²) in [5.74, 6) is -0.589. The number of ether oxygens (including phenoxy) is 3. The van der Waals surface area contributed by atoms with Crippen LogP contribution < -0.4 is 10.1 Å². The van der Waals surface area contributed by atoms with E-state index >= 15 is 0 Å². The third-order valence-corrected chi connectivity index (χ3v) is 5.36. The molecule has 0 saturated carbocycles. The largest absolute Gasteiger partial charge is 0.486 e. The van der Waals surface area contributed by atoms with E-state index in [-0.39, 0.29) is 44.7 Å². The molecule has 0 fully saturated rings. The quantitative estimate of drug-likeness (QED) is 0.490. The highest BCUT2D eigenvalue weighted by molar-refractivity contribution is 5.96. The summed E-state index contributed by atoms with van der Waals surface area (Å²) in [6.45, 7) is 0.209. The maximum atomic E-state index is 12.9. The molecule has 1 aromatic rings. The lowest BCUT2D eigenvalue weighted by atomic mass is 9.77. The van der Waals surface area contributed by atoms with Gasteiger partial charge in [0.15, 0.2) is 0 Å². The van der Waals surface area contributed by atoms with Gasteiger partial charge in [-0.2, -0.15) is 0 Å². The van der Waals surface area contributed by atoms with Gasteiger partial charge in [-0.15, -0.1) is 0 Å². The fraction of sp³-hybridized carbons (Fsp3) is 0.524. The number of methoxy groups -OCH3 is 2. The molecule has 1 aromatic carbocycles. The number of carbonyl (C=O) groups is 2. The standard InChI is InChI=1S/C21H28N2O7/c1-28-10-8-23(17(25)12-29-2)15-11-14(21(27)22-7-9-24)18-13-5-3-4-6-16(13)30-20(18)19(15)26/h3-6,11,15,18-20,24,26H,7-10,12H2,1-2H3,(H,22,27). The van der Waals surface area contributed by atoms with Crippen molar-refractivity contribution < 1.29 is 34.0 Å². The van der Waals surface area contributed by atoms with Gasteiger partial charge in [0.25, 0.3) is 0 Å². The van der Waals surface area contributed by atoms with Gasteiger partial charge in [0.05, 0.1) is 25.2 Å². The van der Waals surface area contributed by atoms with Gasteiger partial charge in [0.1, 0.15) is 24.6 Å². The number of hydrogen-bond donors (Lipinski definition) is 3. The summed E-state index contributed by atoms with van der Waals surface area (Å²) in [7, 11) is 2.94. The van der Waals surface area contributed by atoms with E-state index in [9.17, 15) is 14.7 Å². The van der Waals surface area contributed by atoms with Crippen molar-refractivity contribution in [3.8, 4) is 5.75 Å². The third kappa shape index (κ3) is 4.34. The zero-order valence-corrected chi connectivity index (χ0v) is 17.1. The molecule has 3 N–H and O–H groups in total. The average molecular weight is 420 g/mol. The van der Waals surface area contributed by atoms with Gasteiger partial charge >= 0.3 is 0 Å². The summed E-state index contributed by atoms with van der Waals surface area (Å²) in [5, 5.41) is 22.9. The van der Waals surface area contributed by atoms with Gasteiger partial charge in [-0.25, -0.2) is 0 Å². The predicted octanol–water partition coefficient (Wildman–Crippen LogP) is -0.569. The van der Waals surface area contributed by atoms with E-state index in [1.165, 1.54) is 19.1 Å². The first kappa shape index (κ1) is 22.2. The van der Waals surface area contributed by atoms with Gasteiger partial charge in [0.2, 0.25) is 11.8 Å². The number of rotatable bonds is 9. The SMILES string of the molecule is COCCN(C(=O)COC)C1C=C(C(=O)NCCO)C2c3ccccc3OC2C1O. The smallest absolute Gasteiger partial charge is 0.249 e. The topological polar surface area (TPSA) is 118 Å². The first-order valence-corrected chi connectivity index (χ1v) is 9.85. The number of carbonyl (C=O) groups excluding carboxylic acids is 2. The van der Waals surface area contributed by atoms with Crippen LogP contribution in [0.3, 0.4) is 0 Å². The second-order valence-corrected chi connectivity index (χ2v) is 7.19. The average Bonchev–Trinajstić information content (AvgIpc) is 3.14. The molecular formula is C21H28N2O7. The van der Waals surface area contributed by atoms with E-state index in [0.29, 0.717) is 11.3 Å². The van der Waals surface area contributed by atoms with Crippen LogP contribution in [-0.2, 0) is 19.1 Å². The number of amides is 2. The number of benzene rings is 1. The number of para-hydroxylation sites is 1. The van der Waals surface area contributed by atoms with Gasteiger partial charge < -0.3 is 34.6 Å². The van der Waals surface area contributed by atoms with E-state index in [1.807, 2.05) is 18.2 Å². The van der Waals surface area contributed by atoms with Gasteiger partial charge in [0, 0.05) is 38.4 Å². The van der Waals surface area contributed by atoms with Gasteiger partial charge in [-0.05, 0) is 12.1 Å². The molecule has 9 nitrogen and oxygen atoms in total. The molecule has 1 aliphatic heterocycles. The van der Waals surface area contributed by atoms with Crippen molar-refractivity contribution in [3.05, 3.63) is 41.5 Å². The second-order valence-electron chi connectivity index (χ2n) is 7.19. The Bertz CT molecular complexity index is 797. The van der Waals surface area contributed by atoms with E-state index in [1.54, 1.807) is 12.1 Å². The van der Waals surface area contributed by atoms with Crippen molar-refractivity contribution in [2.75, 3.05) is 47.1 Å². The molecule has 30 heavy (non-hydrogen) atoms. The molecule has 0 saturated heterocycles. The zero-order valence-electron chi connectivity index (χ0n) is 17.1. The maximum absolute atomic E-state index is 12.9. The van der Waals surface area contributed by atoms with Gasteiger partial charge in [-0.3, -0.25) is 9.59 Å². The van der Waals surface area contributed by atoms with Crippen LogP contribution in [0, 0.1) is 0 Å². The molecule has 1 heterocycles. The molecule has 9 heteroatoms. The molecule has 0 radical (unpaired) electrons. The molecule has 0 spiro atoms. The Hall–Kier alpha value is -2.46. The Balaban J connectivity index is 2.01. The third-order valence-electron chi connectivity index (χ3n) is 5.36. The van der Waals surface area contributed by atoms with Crippen LogP contribution in [0.15, 0.2) is 35.9 Å². The van der Waals surface area contributed by atoms with Crippen molar-refractivity contribution in [1.82, 2.24) is 10.2 Å². The number of hydrogen-bond acceptors (Lipinski definition) is 7.